The number of carbonyl (C=O) groups is 2. The van der Waals surface area contributed by atoms with Crippen LogP contribution < -0.4 is 5.73 Å². The number of amides is 1. The summed E-state index contributed by atoms with van der Waals surface area (Å²) in [5.74, 6) is 0.152. The number of nitrogens with two attached hydrogens (primary N) is 1. The Morgan fingerprint density at radius 2 is 1.83 bits per heavy atom. The monoisotopic (exact) mass is 350 g/mol. The van der Waals surface area contributed by atoms with Gasteiger partial charge in [-0.15, -0.1) is 12.4 Å². The first kappa shape index (κ1) is 18.9. The number of carbonyl (C=O) groups excluding carboxylic acids is 2. The Kier molecular flexibility index (Phi) is 6.81. The second-order valence-corrected chi connectivity index (χ2v) is 6.73. The number of rotatable bonds is 5. The van der Waals surface area contributed by atoms with E-state index in [1.165, 1.54) is 24.0 Å². The fourth-order valence-corrected chi connectivity index (χ4v) is 3.82. The molecule has 24 heavy (non-hydrogen) atoms. The number of fused-ring (bicyclic) bond motifs is 1. The molecule has 0 radical (unpaired) electrons. The highest BCUT2D eigenvalue weighted by atomic mass is 35.5. The van der Waals surface area contributed by atoms with Crippen LogP contribution in [-0.4, -0.2) is 35.7 Å². The van der Waals surface area contributed by atoms with Crippen molar-refractivity contribution in [2.75, 3.05) is 13.1 Å². The molecule has 5 heteroatoms. The fraction of sp³-hybridized carbons (Fsp3) is 0.579. The Balaban J connectivity index is 0.00000208. The number of halogens is 1. The molecular formula is C19H27ClN2O2. The van der Waals surface area contributed by atoms with Crippen LogP contribution in [0.15, 0.2) is 18.2 Å². The van der Waals surface area contributed by atoms with E-state index in [2.05, 4.69) is 6.07 Å². The molecule has 0 bridgehead atoms. The van der Waals surface area contributed by atoms with Crippen LogP contribution in [0.4, 0.5) is 0 Å². The van der Waals surface area contributed by atoms with Gasteiger partial charge in [-0.05, 0) is 55.7 Å². The molecule has 1 unspecified atom stereocenters. The molecule has 1 aliphatic carbocycles. The standard InChI is InChI=1S/C19H26N2O2.ClH/c20-13-17-6-3-11-21(17)19(23)10-9-18(22)16-8-7-14-4-1-2-5-15(14)12-16;/h7-8,12,17H,1-6,9-11,13,20H2;1H. The highest BCUT2D eigenvalue weighted by molar-refractivity contribution is 5.98. The largest absolute Gasteiger partial charge is 0.338 e. The van der Waals surface area contributed by atoms with Gasteiger partial charge in [-0.1, -0.05) is 12.1 Å². The van der Waals surface area contributed by atoms with Gasteiger partial charge in [0, 0.05) is 37.5 Å². The predicted molar refractivity (Wildman–Crippen MR) is 97.7 cm³/mol. The Morgan fingerprint density at radius 1 is 1.08 bits per heavy atom. The number of hydrogen-bond donors (Lipinski definition) is 1. The summed E-state index contributed by atoms with van der Waals surface area (Å²) in [4.78, 5) is 26.6. The number of likely N-dealkylation sites (tertiary alicyclic amines) is 1. The summed E-state index contributed by atoms with van der Waals surface area (Å²) in [6.45, 7) is 1.30. The van der Waals surface area contributed by atoms with Crippen LogP contribution in [0.1, 0.15) is 60.0 Å². The summed E-state index contributed by atoms with van der Waals surface area (Å²) in [5, 5.41) is 0. The molecule has 0 aromatic heterocycles. The van der Waals surface area contributed by atoms with E-state index in [0.29, 0.717) is 19.4 Å². The normalized spacial score (nSPS) is 19.5. The molecule has 2 N–H and O–H groups in total. The molecular weight excluding hydrogens is 324 g/mol. The maximum atomic E-state index is 12.4. The molecule has 1 aliphatic heterocycles. The molecule has 0 saturated carbocycles. The second kappa shape index (κ2) is 8.63. The lowest BCUT2D eigenvalue weighted by Crippen LogP contribution is -2.39. The van der Waals surface area contributed by atoms with Crippen LogP contribution in [0.5, 0.6) is 0 Å². The fourth-order valence-electron chi connectivity index (χ4n) is 3.82. The molecule has 1 heterocycles. The van der Waals surface area contributed by atoms with Gasteiger partial charge >= 0.3 is 0 Å². The number of nitrogens with zero attached hydrogens (tertiary/aromatic N) is 1. The number of aryl methyl sites for hydroxylation is 2. The lowest BCUT2D eigenvalue weighted by Gasteiger charge is -2.23. The lowest BCUT2D eigenvalue weighted by atomic mass is 9.89. The third-order valence-corrected chi connectivity index (χ3v) is 5.21. The summed E-state index contributed by atoms with van der Waals surface area (Å²) in [5.41, 5.74) is 9.17. The maximum Gasteiger partial charge on any atom is 0.223 e. The average molecular weight is 351 g/mol. The molecule has 1 atom stereocenters. The second-order valence-electron chi connectivity index (χ2n) is 6.73. The Hall–Kier alpha value is -1.39. The van der Waals surface area contributed by atoms with Crippen molar-refractivity contribution in [3.63, 3.8) is 0 Å². The molecule has 1 amide bonds. The van der Waals surface area contributed by atoms with Crippen LogP contribution in [0.2, 0.25) is 0 Å². The van der Waals surface area contributed by atoms with Crippen LogP contribution in [0, 0.1) is 0 Å². The molecule has 1 fully saturated rings. The number of benzene rings is 1. The van der Waals surface area contributed by atoms with Crippen molar-refractivity contribution >= 4 is 24.1 Å². The molecule has 1 aromatic carbocycles. The van der Waals surface area contributed by atoms with Gasteiger partial charge < -0.3 is 10.6 Å². The van der Waals surface area contributed by atoms with E-state index in [4.69, 9.17) is 5.73 Å². The molecule has 4 nitrogen and oxygen atoms in total. The Morgan fingerprint density at radius 3 is 2.58 bits per heavy atom. The molecule has 3 rings (SSSR count). The van der Waals surface area contributed by atoms with Crippen molar-refractivity contribution in [2.45, 2.75) is 57.4 Å². The molecule has 1 saturated heterocycles. The Bertz CT molecular complexity index is 603. The van der Waals surface area contributed by atoms with E-state index < -0.39 is 0 Å². The van der Waals surface area contributed by atoms with Crippen molar-refractivity contribution in [1.82, 2.24) is 4.90 Å². The van der Waals surface area contributed by atoms with Crippen molar-refractivity contribution in [1.29, 1.82) is 0 Å². The van der Waals surface area contributed by atoms with E-state index in [1.807, 2.05) is 17.0 Å². The highest BCUT2D eigenvalue weighted by Gasteiger charge is 2.27. The van der Waals surface area contributed by atoms with Gasteiger partial charge in [0.2, 0.25) is 5.91 Å². The molecule has 2 aliphatic rings. The molecule has 132 valence electrons. The number of hydrogen-bond acceptors (Lipinski definition) is 3. The molecule has 1 aromatic rings. The van der Waals surface area contributed by atoms with Crippen molar-refractivity contribution in [2.24, 2.45) is 5.73 Å². The first-order valence-electron chi connectivity index (χ1n) is 8.83. The number of ketones is 1. The number of Topliss-reactive ketones (excluding diaryl/α,β-unsaturated/α-hetero) is 1. The predicted octanol–water partition coefficient (Wildman–Crippen LogP) is 2.90. The van der Waals surface area contributed by atoms with Crippen LogP contribution in [0.3, 0.4) is 0 Å². The zero-order valence-electron chi connectivity index (χ0n) is 14.1. The van der Waals surface area contributed by atoms with Crippen molar-refractivity contribution in [3.05, 3.63) is 34.9 Å². The topological polar surface area (TPSA) is 63.4 Å². The third kappa shape index (κ3) is 4.17. The highest BCUT2D eigenvalue weighted by Crippen LogP contribution is 2.23. The van der Waals surface area contributed by atoms with Gasteiger partial charge in [-0.2, -0.15) is 0 Å². The van der Waals surface area contributed by atoms with E-state index in [9.17, 15) is 9.59 Å². The quantitative estimate of drug-likeness (QED) is 0.830. The van der Waals surface area contributed by atoms with Gasteiger partial charge in [0.15, 0.2) is 5.78 Å². The minimum Gasteiger partial charge on any atom is -0.338 e. The van der Waals surface area contributed by atoms with Crippen molar-refractivity contribution in [3.8, 4) is 0 Å². The van der Waals surface area contributed by atoms with Crippen LogP contribution in [0.25, 0.3) is 0 Å². The minimum atomic E-state index is 0. The lowest BCUT2D eigenvalue weighted by molar-refractivity contribution is -0.131. The maximum absolute atomic E-state index is 12.4. The Labute approximate surface area is 150 Å². The van der Waals surface area contributed by atoms with E-state index in [-0.39, 0.29) is 30.1 Å². The van der Waals surface area contributed by atoms with Gasteiger partial charge in [-0.25, -0.2) is 0 Å². The first-order valence-corrected chi connectivity index (χ1v) is 8.83. The zero-order valence-corrected chi connectivity index (χ0v) is 14.9. The van der Waals surface area contributed by atoms with E-state index in [0.717, 1.165) is 37.8 Å². The summed E-state index contributed by atoms with van der Waals surface area (Å²) in [6, 6.07) is 6.23. The summed E-state index contributed by atoms with van der Waals surface area (Å²) in [6.07, 6.45) is 7.25. The zero-order chi connectivity index (χ0) is 16.2. The van der Waals surface area contributed by atoms with Gasteiger partial charge in [0.1, 0.15) is 0 Å². The van der Waals surface area contributed by atoms with Crippen molar-refractivity contribution < 1.29 is 9.59 Å². The molecule has 0 spiro atoms. The SMILES string of the molecule is Cl.NCC1CCCN1C(=O)CCC(=O)c1ccc2c(c1)CCCC2. The van der Waals surface area contributed by atoms with Gasteiger partial charge in [0.25, 0.3) is 0 Å². The minimum absolute atomic E-state index is 0. The van der Waals surface area contributed by atoms with Gasteiger partial charge in [0.05, 0.1) is 0 Å². The van der Waals surface area contributed by atoms with Crippen LogP contribution in [-0.2, 0) is 17.6 Å². The summed E-state index contributed by atoms with van der Waals surface area (Å²) < 4.78 is 0. The van der Waals surface area contributed by atoms with Gasteiger partial charge in [-0.3, -0.25) is 9.59 Å². The van der Waals surface area contributed by atoms with E-state index in [1.54, 1.807) is 0 Å². The average Bonchev–Trinajstić information content (AvgIpc) is 3.07. The van der Waals surface area contributed by atoms with E-state index >= 15 is 0 Å². The van der Waals surface area contributed by atoms with Crippen LogP contribution >= 0.6 is 12.4 Å². The third-order valence-electron chi connectivity index (χ3n) is 5.21. The summed E-state index contributed by atoms with van der Waals surface area (Å²) >= 11 is 0. The summed E-state index contributed by atoms with van der Waals surface area (Å²) in [7, 11) is 0. The first-order chi connectivity index (χ1) is 11.2. The smallest absolute Gasteiger partial charge is 0.223 e.